The van der Waals surface area contributed by atoms with Crippen molar-refractivity contribution in [2.24, 2.45) is 5.41 Å². The number of aliphatic hydroxyl groups is 1. The molecule has 1 aliphatic carbocycles. The van der Waals surface area contributed by atoms with Crippen LogP contribution in [0.4, 0.5) is 0 Å². The predicted octanol–water partition coefficient (Wildman–Crippen LogP) is 2.14. The van der Waals surface area contributed by atoms with Crippen LogP contribution in [0, 0.1) is 5.41 Å². The molecule has 1 fully saturated rings. The zero-order valence-corrected chi connectivity index (χ0v) is 15.1. The van der Waals surface area contributed by atoms with Crippen molar-refractivity contribution in [2.45, 2.75) is 58.1 Å². The van der Waals surface area contributed by atoms with Crippen LogP contribution in [0.5, 0.6) is 0 Å². The molecule has 1 aromatic carbocycles. The van der Waals surface area contributed by atoms with Crippen molar-refractivity contribution in [3.05, 3.63) is 35.4 Å². The minimum Gasteiger partial charge on any atom is -0.379 e. The normalized spacial score (nSPS) is 25.2. The van der Waals surface area contributed by atoms with E-state index in [1.807, 2.05) is 4.90 Å². The summed E-state index contributed by atoms with van der Waals surface area (Å²) in [5.74, 6) is -0.105. The van der Waals surface area contributed by atoms with E-state index in [2.05, 4.69) is 50.4 Å². The number of piperidine rings is 1. The molecular weight excluding hydrogens is 300 g/mol. The summed E-state index contributed by atoms with van der Waals surface area (Å²) < 4.78 is 0. The van der Waals surface area contributed by atoms with Crippen LogP contribution in [0.3, 0.4) is 0 Å². The molecule has 1 saturated heterocycles. The molecule has 1 heterocycles. The van der Waals surface area contributed by atoms with Crippen LogP contribution in [0.15, 0.2) is 24.3 Å². The molecule has 2 aliphatic rings. The van der Waals surface area contributed by atoms with Crippen LogP contribution in [-0.2, 0) is 17.6 Å². The average Bonchev–Trinajstić information content (AvgIpc) is 2.92. The fourth-order valence-corrected chi connectivity index (χ4v) is 3.97. The van der Waals surface area contributed by atoms with Crippen molar-refractivity contribution < 1.29 is 9.90 Å². The molecule has 1 amide bonds. The van der Waals surface area contributed by atoms with Crippen LogP contribution in [0.2, 0.25) is 0 Å². The predicted molar refractivity (Wildman–Crippen MR) is 95.9 cm³/mol. The first-order valence-electron chi connectivity index (χ1n) is 9.09. The van der Waals surface area contributed by atoms with Crippen LogP contribution >= 0.6 is 0 Å². The highest BCUT2D eigenvalue weighted by Gasteiger charge is 2.43. The SMILES string of the molecule is CC(C)(C)CN1CCC[C@@](O)(CNC2Cc3ccccc3C2)C1=O. The van der Waals surface area contributed by atoms with Crippen LogP contribution in [0.1, 0.15) is 44.7 Å². The summed E-state index contributed by atoms with van der Waals surface area (Å²) in [5.41, 5.74) is 1.56. The fourth-order valence-electron chi connectivity index (χ4n) is 3.97. The minimum atomic E-state index is -1.25. The van der Waals surface area contributed by atoms with Crippen LogP contribution < -0.4 is 5.32 Å². The van der Waals surface area contributed by atoms with E-state index < -0.39 is 5.60 Å². The van der Waals surface area contributed by atoms with E-state index in [-0.39, 0.29) is 11.3 Å². The van der Waals surface area contributed by atoms with Gasteiger partial charge in [-0.3, -0.25) is 4.79 Å². The number of likely N-dealkylation sites (tertiary alicyclic amines) is 1. The number of fused-ring (bicyclic) bond motifs is 1. The average molecular weight is 330 g/mol. The number of benzene rings is 1. The van der Waals surface area contributed by atoms with E-state index in [9.17, 15) is 9.90 Å². The first kappa shape index (κ1) is 17.4. The lowest BCUT2D eigenvalue weighted by atomic mass is 9.88. The third kappa shape index (κ3) is 3.81. The number of carbonyl (C=O) groups excluding carboxylic acids is 1. The lowest BCUT2D eigenvalue weighted by Gasteiger charge is -2.41. The number of nitrogens with one attached hydrogen (secondary N) is 1. The molecule has 24 heavy (non-hydrogen) atoms. The summed E-state index contributed by atoms with van der Waals surface area (Å²) in [5, 5.41) is 14.4. The second-order valence-corrected chi connectivity index (χ2v) is 8.68. The molecule has 132 valence electrons. The maximum absolute atomic E-state index is 12.8. The zero-order chi connectivity index (χ0) is 17.4. The van der Waals surface area contributed by atoms with Crippen molar-refractivity contribution in [1.29, 1.82) is 0 Å². The Balaban J connectivity index is 1.59. The molecule has 0 spiro atoms. The van der Waals surface area contributed by atoms with Crippen LogP contribution in [-0.4, -0.2) is 47.2 Å². The Labute approximate surface area is 145 Å². The molecule has 4 heteroatoms. The number of amides is 1. The molecule has 0 saturated carbocycles. The van der Waals surface area contributed by atoms with Crippen LogP contribution in [0.25, 0.3) is 0 Å². The molecule has 0 bridgehead atoms. The second-order valence-electron chi connectivity index (χ2n) is 8.68. The van der Waals surface area contributed by atoms with Gasteiger partial charge in [0.2, 0.25) is 0 Å². The van der Waals surface area contributed by atoms with Gasteiger partial charge < -0.3 is 15.3 Å². The smallest absolute Gasteiger partial charge is 0.255 e. The number of hydrogen-bond acceptors (Lipinski definition) is 3. The maximum Gasteiger partial charge on any atom is 0.255 e. The standard InChI is InChI=1S/C20H30N2O2/c1-19(2,3)14-22-10-6-9-20(24,18(22)23)13-21-17-11-15-7-4-5-8-16(15)12-17/h4-5,7-8,17,21,24H,6,9-14H2,1-3H3/t20-/m1/s1. The van der Waals surface area contributed by atoms with E-state index in [1.165, 1.54) is 11.1 Å². The van der Waals surface area contributed by atoms with E-state index in [0.29, 0.717) is 25.6 Å². The number of rotatable bonds is 4. The summed E-state index contributed by atoms with van der Waals surface area (Å²) in [6.07, 6.45) is 3.38. The summed E-state index contributed by atoms with van der Waals surface area (Å²) in [6.45, 7) is 8.19. The molecule has 0 radical (unpaired) electrons. The monoisotopic (exact) mass is 330 g/mol. The van der Waals surface area contributed by atoms with Crippen molar-refractivity contribution in [1.82, 2.24) is 10.2 Å². The molecule has 0 aromatic heterocycles. The number of nitrogens with zero attached hydrogens (tertiary/aromatic N) is 1. The Morgan fingerprint density at radius 3 is 2.46 bits per heavy atom. The van der Waals surface area contributed by atoms with E-state index in [4.69, 9.17) is 0 Å². The van der Waals surface area contributed by atoms with Gasteiger partial charge in [0.1, 0.15) is 0 Å². The van der Waals surface area contributed by atoms with Crippen molar-refractivity contribution in [3.63, 3.8) is 0 Å². The van der Waals surface area contributed by atoms with Gasteiger partial charge in [-0.25, -0.2) is 0 Å². The van der Waals surface area contributed by atoms with Crippen molar-refractivity contribution in [2.75, 3.05) is 19.6 Å². The maximum atomic E-state index is 12.8. The Hall–Kier alpha value is -1.39. The first-order valence-corrected chi connectivity index (χ1v) is 9.09. The third-order valence-electron chi connectivity index (χ3n) is 5.10. The lowest BCUT2D eigenvalue weighted by molar-refractivity contribution is -0.158. The Morgan fingerprint density at radius 1 is 1.25 bits per heavy atom. The topological polar surface area (TPSA) is 52.6 Å². The molecule has 1 aromatic rings. The summed E-state index contributed by atoms with van der Waals surface area (Å²) in [4.78, 5) is 14.6. The van der Waals surface area contributed by atoms with Gasteiger partial charge in [-0.2, -0.15) is 0 Å². The molecule has 2 N–H and O–H groups in total. The highest BCUT2D eigenvalue weighted by atomic mass is 16.3. The third-order valence-corrected chi connectivity index (χ3v) is 5.10. The molecule has 1 atom stereocenters. The largest absolute Gasteiger partial charge is 0.379 e. The fraction of sp³-hybridized carbons (Fsp3) is 0.650. The zero-order valence-electron chi connectivity index (χ0n) is 15.1. The van der Waals surface area contributed by atoms with Gasteiger partial charge >= 0.3 is 0 Å². The van der Waals surface area contributed by atoms with E-state index in [1.54, 1.807) is 0 Å². The van der Waals surface area contributed by atoms with Gasteiger partial charge in [0, 0.05) is 25.7 Å². The highest BCUT2D eigenvalue weighted by Crippen LogP contribution is 2.27. The van der Waals surface area contributed by atoms with Gasteiger partial charge in [0.25, 0.3) is 5.91 Å². The second kappa shape index (κ2) is 6.49. The van der Waals surface area contributed by atoms with Crippen molar-refractivity contribution in [3.8, 4) is 0 Å². The first-order chi connectivity index (χ1) is 11.3. The summed E-state index contributed by atoms with van der Waals surface area (Å²) >= 11 is 0. The Bertz CT molecular complexity index is 583. The Morgan fingerprint density at radius 2 is 1.88 bits per heavy atom. The number of hydrogen-bond donors (Lipinski definition) is 2. The molecular formula is C20H30N2O2. The highest BCUT2D eigenvalue weighted by molar-refractivity contribution is 5.86. The molecule has 3 rings (SSSR count). The molecule has 0 unspecified atom stereocenters. The molecule has 4 nitrogen and oxygen atoms in total. The van der Waals surface area contributed by atoms with Gasteiger partial charge in [-0.05, 0) is 42.2 Å². The Kier molecular flexibility index (Phi) is 4.71. The van der Waals surface area contributed by atoms with Gasteiger partial charge in [-0.1, -0.05) is 45.0 Å². The quantitative estimate of drug-likeness (QED) is 0.889. The minimum absolute atomic E-state index is 0.0500. The molecule has 1 aliphatic heterocycles. The van der Waals surface area contributed by atoms with Gasteiger partial charge in [0.05, 0.1) is 0 Å². The van der Waals surface area contributed by atoms with E-state index in [0.717, 1.165) is 25.8 Å². The van der Waals surface area contributed by atoms with Gasteiger partial charge in [0.15, 0.2) is 5.60 Å². The van der Waals surface area contributed by atoms with Crippen molar-refractivity contribution >= 4 is 5.91 Å². The summed E-state index contributed by atoms with van der Waals surface area (Å²) in [7, 11) is 0. The summed E-state index contributed by atoms with van der Waals surface area (Å²) in [6, 6.07) is 8.80. The van der Waals surface area contributed by atoms with E-state index >= 15 is 0 Å². The lowest BCUT2D eigenvalue weighted by Crippen LogP contribution is -2.60. The number of carbonyl (C=O) groups is 1. The van der Waals surface area contributed by atoms with Gasteiger partial charge in [-0.15, -0.1) is 0 Å².